The van der Waals surface area contributed by atoms with E-state index >= 15 is 0 Å². The molecule has 0 aliphatic heterocycles. The maximum atomic E-state index is 11.1. The minimum Gasteiger partial charge on any atom is -0.368 e. The standard InChI is InChI=1S/C11H16N2O/c1-8(10(13-2)11(12)14)9-6-4-3-5-7-9/h3-8,10,13H,1-2H3,(H2,12,14). The molecule has 0 spiro atoms. The van der Waals surface area contributed by atoms with Gasteiger partial charge >= 0.3 is 0 Å². The molecule has 0 fully saturated rings. The van der Waals surface area contributed by atoms with Crippen molar-refractivity contribution < 1.29 is 4.79 Å². The van der Waals surface area contributed by atoms with Gasteiger partial charge in [0.2, 0.25) is 5.91 Å². The van der Waals surface area contributed by atoms with E-state index in [9.17, 15) is 4.79 Å². The van der Waals surface area contributed by atoms with Crippen LogP contribution in [-0.2, 0) is 4.79 Å². The molecule has 1 rings (SSSR count). The van der Waals surface area contributed by atoms with Crippen LogP contribution in [0.3, 0.4) is 0 Å². The molecule has 0 radical (unpaired) electrons. The maximum Gasteiger partial charge on any atom is 0.235 e. The third-order valence-electron chi connectivity index (χ3n) is 2.44. The second-order valence-electron chi connectivity index (χ2n) is 3.37. The van der Waals surface area contributed by atoms with Crippen molar-refractivity contribution in [1.82, 2.24) is 5.32 Å². The first-order valence-electron chi connectivity index (χ1n) is 4.68. The van der Waals surface area contributed by atoms with Gasteiger partial charge in [0.25, 0.3) is 0 Å². The van der Waals surface area contributed by atoms with Crippen molar-refractivity contribution in [2.75, 3.05) is 7.05 Å². The first kappa shape index (κ1) is 10.7. The Kier molecular flexibility index (Phi) is 3.65. The van der Waals surface area contributed by atoms with Gasteiger partial charge in [-0.3, -0.25) is 4.79 Å². The van der Waals surface area contributed by atoms with Crippen LogP contribution in [0.4, 0.5) is 0 Å². The molecule has 1 aromatic rings. The quantitative estimate of drug-likeness (QED) is 0.743. The molecule has 0 saturated carbocycles. The molecule has 1 amide bonds. The van der Waals surface area contributed by atoms with Gasteiger partial charge in [0.1, 0.15) is 0 Å². The molecule has 1 aromatic carbocycles. The lowest BCUT2D eigenvalue weighted by Gasteiger charge is -2.20. The van der Waals surface area contributed by atoms with Gasteiger partial charge in [-0.25, -0.2) is 0 Å². The lowest BCUT2D eigenvalue weighted by Crippen LogP contribution is -2.42. The summed E-state index contributed by atoms with van der Waals surface area (Å²) < 4.78 is 0. The van der Waals surface area contributed by atoms with Crippen LogP contribution >= 0.6 is 0 Å². The van der Waals surface area contributed by atoms with Gasteiger partial charge in [0.05, 0.1) is 6.04 Å². The number of nitrogens with two attached hydrogens (primary N) is 1. The van der Waals surface area contributed by atoms with Gasteiger partial charge in [0, 0.05) is 5.92 Å². The van der Waals surface area contributed by atoms with Crippen molar-refractivity contribution in [1.29, 1.82) is 0 Å². The SMILES string of the molecule is CNC(C(N)=O)C(C)c1ccccc1. The zero-order valence-electron chi connectivity index (χ0n) is 8.53. The third-order valence-corrected chi connectivity index (χ3v) is 2.44. The first-order valence-corrected chi connectivity index (χ1v) is 4.68. The summed E-state index contributed by atoms with van der Waals surface area (Å²) in [6, 6.07) is 9.56. The van der Waals surface area contributed by atoms with Gasteiger partial charge in [-0.15, -0.1) is 0 Å². The Hall–Kier alpha value is -1.35. The van der Waals surface area contributed by atoms with Crippen LogP contribution in [0.25, 0.3) is 0 Å². The van der Waals surface area contributed by atoms with Crippen molar-refractivity contribution >= 4 is 5.91 Å². The zero-order chi connectivity index (χ0) is 10.6. The van der Waals surface area contributed by atoms with E-state index in [-0.39, 0.29) is 17.9 Å². The second-order valence-corrected chi connectivity index (χ2v) is 3.37. The number of primary amides is 1. The molecule has 0 saturated heterocycles. The fourth-order valence-electron chi connectivity index (χ4n) is 1.59. The minimum absolute atomic E-state index is 0.0960. The van der Waals surface area contributed by atoms with Crippen molar-refractivity contribution in [2.45, 2.75) is 18.9 Å². The van der Waals surface area contributed by atoms with E-state index in [1.165, 1.54) is 0 Å². The van der Waals surface area contributed by atoms with Crippen molar-refractivity contribution in [3.63, 3.8) is 0 Å². The number of hydrogen-bond acceptors (Lipinski definition) is 2. The monoisotopic (exact) mass is 192 g/mol. The summed E-state index contributed by atoms with van der Waals surface area (Å²) in [4.78, 5) is 11.1. The molecule has 0 bridgehead atoms. The highest BCUT2D eigenvalue weighted by Crippen LogP contribution is 2.18. The molecular weight excluding hydrogens is 176 g/mol. The molecule has 3 heteroatoms. The lowest BCUT2D eigenvalue weighted by atomic mass is 9.93. The molecule has 2 unspecified atom stereocenters. The van der Waals surface area contributed by atoms with Gasteiger partial charge in [-0.1, -0.05) is 37.3 Å². The molecule has 0 aliphatic rings. The summed E-state index contributed by atoms with van der Waals surface area (Å²) in [5, 5.41) is 2.93. The van der Waals surface area contributed by atoms with Crippen molar-refractivity contribution in [2.24, 2.45) is 5.73 Å². The Morgan fingerprint density at radius 2 is 1.93 bits per heavy atom. The highest BCUT2D eigenvalue weighted by atomic mass is 16.1. The number of nitrogens with one attached hydrogen (secondary N) is 1. The van der Waals surface area contributed by atoms with Gasteiger partial charge in [0.15, 0.2) is 0 Å². The smallest absolute Gasteiger partial charge is 0.235 e. The molecule has 76 valence electrons. The number of hydrogen-bond donors (Lipinski definition) is 2. The number of likely N-dealkylation sites (N-methyl/N-ethyl adjacent to an activating group) is 1. The summed E-state index contributed by atoms with van der Waals surface area (Å²) >= 11 is 0. The number of rotatable bonds is 4. The largest absolute Gasteiger partial charge is 0.368 e. The predicted molar refractivity (Wildman–Crippen MR) is 56.9 cm³/mol. The molecule has 0 aliphatic carbocycles. The van der Waals surface area contributed by atoms with Crippen molar-refractivity contribution in [3.8, 4) is 0 Å². The van der Waals surface area contributed by atoms with Crippen LogP contribution in [0.2, 0.25) is 0 Å². The zero-order valence-corrected chi connectivity index (χ0v) is 8.53. The molecule has 0 aromatic heterocycles. The summed E-state index contributed by atoms with van der Waals surface area (Å²) in [7, 11) is 1.74. The van der Waals surface area contributed by atoms with Gasteiger partial charge in [-0.05, 0) is 12.6 Å². The third kappa shape index (κ3) is 2.33. The fraction of sp³-hybridized carbons (Fsp3) is 0.364. The van der Waals surface area contributed by atoms with Crippen LogP contribution in [0.1, 0.15) is 18.4 Å². The minimum atomic E-state index is -0.316. The van der Waals surface area contributed by atoms with E-state index in [2.05, 4.69) is 5.32 Å². The van der Waals surface area contributed by atoms with Crippen LogP contribution < -0.4 is 11.1 Å². The molecule has 3 nitrogen and oxygen atoms in total. The van der Waals surface area contributed by atoms with E-state index in [1.807, 2.05) is 37.3 Å². The predicted octanol–water partition coefficient (Wildman–Crippen LogP) is 0.863. The number of amides is 1. The Balaban J connectivity index is 2.83. The van der Waals surface area contributed by atoms with Gasteiger partial charge < -0.3 is 11.1 Å². The average molecular weight is 192 g/mol. The average Bonchev–Trinajstić information content (AvgIpc) is 2.19. The maximum absolute atomic E-state index is 11.1. The highest BCUT2D eigenvalue weighted by Gasteiger charge is 2.21. The summed E-state index contributed by atoms with van der Waals surface area (Å²) in [5.74, 6) is -0.220. The van der Waals surface area contributed by atoms with Crippen LogP contribution in [0.15, 0.2) is 30.3 Å². The van der Waals surface area contributed by atoms with E-state index in [4.69, 9.17) is 5.73 Å². The first-order chi connectivity index (χ1) is 6.66. The Morgan fingerprint density at radius 1 is 1.36 bits per heavy atom. The lowest BCUT2D eigenvalue weighted by molar-refractivity contribution is -0.120. The topological polar surface area (TPSA) is 55.1 Å². The number of carbonyl (C=O) groups is 1. The Bertz CT molecular complexity index is 297. The number of carbonyl (C=O) groups excluding carboxylic acids is 1. The van der Waals surface area contributed by atoms with Crippen LogP contribution in [0, 0.1) is 0 Å². The summed E-state index contributed by atoms with van der Waals surface area (Å²) in [6.07, 6.45) is 0. The molecule has 3 N–H and O–H groups in total. The molecule has 14 heavy (non-hydrogen) atoms. The summed E-state index contributed by atoms with van der Waals surface area (Å²) in [6.45, 7) is 1.99. The van der Waals surface area contributed by atoms with E-state index in [0.717, 1.165) is 5.56 Å². The molecular formula is C11H16N2O. The second kappa shape index (κ2) is 4.77. The number of benzene rings is 1. The molecule has 2 atom stereocenters. The highest BCUT2D eigenvalue weighted by molar-refractivity contribution is 5.81. The normalized spacial score (nSPS) is 14.7. The van der Waals surface area contributed by atoms with E-state index < -0.39 is 0 Å². The van der Waals surface area contributed by atoms with E-state index in [0.29, 0.717) is 0 Å². The van der Waals surface area contributed by atoms with E-state index in [1.54, 1.807) is 7.05 Å². The van der Waals surface area contributed by atoms with Gasteiger partial charge in [-0.2, -0.15) is 0 Å². The van der Waals surface area contributed by atoms with Crippen molar-refractivity contribution in [3.05, 3.63) is 35.9 Å². The Morgan fingerprint density at radius 3 is 2.36 bits per heavy atom. The fourth-order valence-corrected chi connectivity index (χ4v) is 1.59. The van der Waals surface area contributed by atoms with Crippen LogP contribution in [-0.4, -0.2) is 19.0 Å². The van der Waals surface area contributed by atoms with Crippen LogP contribution in [0.5, 0.6) is 0 Å². The Labute approximate surface area is 84.3 Å². The molecule has 0 heterocycles. The summed E-state index contributed by atoms with van der Waals surface area (Å²) in [5.41, 5.74) is 6.40.